The number of rotatable bonds is 3. The van der Waals surface area contributed by atoms with Gasteiger partial charge in [-0.1, -0.05) is 6.07 Å². The molecule has 0 aliphatic rings. The van der Waals surface area contributed by atoms with Crippen LogP contribution >= 0.6 is 0 Å². The van der Waals surface area contributed by atoms with Crippen molar-refractivity contribution in [3.63, 3.8) is 0 Å². The molecule has 0 heterocycles. The number of benzene rings is 1. The number of nitrogens with two attached hydrogens (primary N) is 1. The van der Waals surface area contributed by atoms with Crippen molar-refractivity contribution in [2.45, 2.75) is 19.3 Å². The van der Waals surface area contributed by atoms with Crippen LogP contribution in [0.2, 0.25) is 0 Å². The molecule has 0 bridgehead atoms. The predicted octanol–water partition coefficient (Wildman–Crippen LogP) is 1.93. The van der Waals surface area contributed by atoms with Crippen molar-refractivity contribution in [2.24, 2.45) is 5.73 Å². The van der Waals surface area contributed by atoms with E-state index in [1.807, 2.05) is 0 Å². The van der Waals surface area contributed by atoms with Crippen molar-refractivity contribution >= 4 is 6.09 Å². The average molecular weight is 248 g/mol. The lowest BCUT2D eigenvalue weighted by Crippen LogP contribution is -2.21. The van der Waals surface area contributed by atoms with E-state index in [1.165, 1.54) is 6.07 Å². The minimum atomic E-state index is -4.43. The van der Waals surface area contributed by atoms with Crippen LogP contribution in [-0.2, 0) is 19.3 Å². The lowest BCUT2D eigenvalue weighted by Gasteiger charge is -2.12. The number of nitrogens with one attached hydrogen (secondary N) is 1. The molecule has 0 saturated carbocycles. The van der Waals surface area contributed by atoms with Crippen molar-refractivity contribution in [1.29, 1.82) is 0 Å². The first-order valence-electron chi connectivity index (χ1n) is 4.70. The van der Waals surface area contributed by atoms with E-state index in [2.05, 4.69) is 5.32 Å². The topological polar surface area (TPSA) is 75.3 Å². The smallest absolute Gasteiger partial charge is 0.416 e. The molecule has 0 saturated heterocycles. The van der Waals surface area contributed by atoms with E-state index in [4.69, 9.17) is 10.8 Å². The third kappa shape index (κ3) is 3.63. The van der Waals surface area contributed by atoms with E-state index >= 15 is 0 Å². The van der Waals surface area contributed by atoms with Gasteiger partial charge in [-0.15, -0.1) is 0 Å². The van der Waals surface area contributed by atoms with Gasteiger partial charge in [-0.2, -0.15) is 13.2 Å². The maximum absolute atomic E-state index is 12.4. The Kier molecular flexibility index (Phi) is 3.95. The maximum Gasteiger partial charge on any atom is 0.416 e. The fraction of sp³-hybridized carbons (Fsp3) is 0.300. The molecule has 0 aliphatic heterocycles. The van der Waals surface area contributed by atoms with Crippen LogP contribution in [0.25, 0.3) is 0 Å². The van der Waals surface area contributed by atoms with Crippen LogP contribution in [0.5, 0.6) is 0 Å². The van der Waals surface area contributed by atoms with Crippen LogP contribution in [0.15, 0.2) is 18.2 Å². The summed E-state index contributed by atoms with van der Waals surface area (Å²) in [7, 11) is 0. The summed E-state index contributed by atoms with van der Waals surface area (Å²) in [5, 5.41) is 10.5. The highest BCUT2D eigenvalue weighted by Crippen LogP contribution is 2.30. The molecular weight excluding hydrogens is 237 g/mol. The molecule has 0 radical (unpaired) electrons. The van der Waals surface area contributed by atoms with Gasteiger partial charge in [0.2, 0.25) is 0 Å². The maximum atomic E-state index is 12.4. The molecule has 1 amide bonds. The highest BCUT2D eigenvalue weighted by Gasteiger charge is 2.30. The Morgan fingerprint density at radius 3 is 2.47 bits per heavy atom. The number of amides is 1. The number of carboxylic acid groups (broad SMARTS) is 1. The number of carbonyl (C=O) groups is 1. The van der Waals surface area contributed by atoms with E-state index < -0.39 is 17.8 Å². The summed E-state index contributed by atoms with van der Waals surface area (Å²) in [4.78, 5) is 10.3. The summed E-state index contributed by atoms with van der Waals surface area (Å²) >= 11 is 0. The Morgan fingerprint density at radius 1 is 1.35 bits per heavy atom. The SMILES string of the molecule is NCc1cc(C(F)(F)F)ccc1CNC(=O)O. The standard InChI is InChI=1S/C10H11F3N2O2/c11-10(12,13)8-2-1-6(5-15-9(16)17)7(3-8)4-14/h1-3,15H,4-5,14H2,(H,16,17). The molecule has 0 fully saturated rings. The van der Waals surface area contributed by atoms with E-state index in [0.717, 1.165) is 12.1 Å². The molecule has 1 rings (SSSR count). The van der Waals surface area contributed by atoms with Gasteiger partial charge in [-0.05, 0) is 23.3 Å². The Balaban J connectivity index is 2.97. The molecule has 1 aromatic carbocycles. The van der Waals surface area contributed by atoms with Crippen molar-refractivity contribution in [2.75, 3.05) is 0 Å². The van der Waals surface area contributed by atoms with Crippen LogP contribution in [0.3, 0.4) is 0 Å². The normalized spacial score (nSPS) is 11.3. The Labute approximate surface area is 95.2 Å². The van der Waals surface area contributed by atoms with Crippen LogP contribution in [0.4, 0.5) is 18.0 Å². The van der Waals surface area contributed by atoms with Crippen molar-refractivity contribution in [3.8, 4) is 0 Å². The highest BCUT2D eigenvalue weighted by atomic mass is 19.4. The number of alkyl halides is 3. The lowest BCUT2D eigenvalue weighted by molar-refractivity contribution is -0.137. The summed E-state index contributed by atoms with van der Waals surface area (Å²) in [6.07, 6.45) is -5.67. The van der Waals surface area contributed by atoms with Gasteiger partial charge in [-0.25, -0.2) is 4.79 Å². The number of hydrogen-bond donors (Lipinski definition) is 3. The molecule has 0 spiro atoms. The first-order valence-corrected chi connectivity index (χ1v) is 4.70. The molecule has 17 heavy (non-hydrogen) atoms. The fourth-order valence-corrected chi connectivity index (χ4v) is 1.34. The molecule has 7 heteroatoms. The monoisotopic (exact) mass is 248 g/mol. The zero-order chi connectivity index (χ0) is 13.1. The molecule has 0 atom stereocenters. The van der Waals surface area contributed by atoms with Crippen LogP contribution in [0, 0.1) is 0 Å². The van der Waals surface area contributed by atoms with Gasteiger partial charge >= 0.3 is 12.3 Å². The van der Waals surface area contributed by atoms with Crippen molar-refractivity contribution in [3.05, 3.63) is 34.9 Å². The zero-order valence-corrected chi connectivity index (χ0v) is 8.71. The van der Waals surface area contributed by atoms with E-state index in [-0.39, 0.29) is 18.7 Å². The molecule has 4 nitrogen and oxygen atoms in total. The minimum Gasteiger partial charge on any atom is -0.465 e. The van der Waals surface area contributed by atoms with E-state index in [9.17, 15) is 18.0 Å². The Bertz CT molecular complexity index is 419. The lowest BCUT2D eigenvalue weighted by atomic mass is 10.0. The second-order valence-electron chi connectivity index (χ2n) is 3.34. The van der Waals surface area contributed by atoms with Crippen molar-refractivity contribution < 1.29 is 23.1 Å². The van der Waals surface area contributed by atoms with Crippen molar-refractivity contribution in [1.82, 2.24) is 5.32 Å². The first kappa shape index (κ1) is 13.3. The summed E-state index contributed by atoms with van der Waals surface area (Å²) in [6.45, 7) is -0.152. The average Bonchev–Trinajstić information content (AvgIpc) is 2.24. The first-order chi connectivity index (χ1) is 7.84. The largest absolute Gasteiger partial charge is 0.465 e. The molecule has 0 unspecified atom stereocenters. The summed E-state index contributed by atoms with van der Waals surface area (Å²) in [6, 6.07) is 3.05. The zero-order valence-electron chi connectivity index (χ0n) is 8.71. The summed E-state index contributed by atoms with van der Waals surface area (Å²) in [5.74, 6) is 0. The predicted molar refractivity (Wildman–Crippen MR) is 54.2 cm³/mol. The van der Waals surface area contributed by atoms with Crippen LogP contribution in [0.1, 0.15) is 16.7 Å². The third-order valence-corrected chi connectivity index (χ3v) is 2.18. The van der Waals surface area contributed by atoms with Crippen LogP contribution in [-0.4, -0.2) is 11.2 Å². The minimum absolute atomic E-state index is 0.0694. The van der Waals surface area contributed by atoms with Gasteiger partial charge in [0, 0.05) is 13.1 Å². The van der Waals surface area contributed by atoms with Crippen LogP contribution < -0.4 is 11.1 Å². The Morgan fingerprint density at radius 2 is 2.00 bits per heavy atom. The Hall–Kier alpha value is -1.76. The molecule has 0 aromatic heterocycles. The van der Waals surface area contributed by atoms with Gasteiger partial charge < -0.3 is 16.2 Å². The highest BCUT2D eigenvalue weighted by molar-refractivity contribution is 5.64. The van der Waals surface area contributed by atoms with E-state index in [0.29, 0.717) is 5.56 Å². The number of halogens is 3. The molecule has 0 aliphatic carbocycles. The van der Waals surface area contributed by atoms with Gasteiger partial charge in [0.25, 0.3) is 0 Å². The fourth-order valence-electron chi connectivity index (χ4n) is 1.34. The molecular formula is C10H11F3N2O2. The van der Waals surface area contributed by atoms with Gasteiger partial charge in [0.15, 0.2) is 0 Å². The molecule has 4 N–H and O–H groups in total. The van der Waals surface area contributed by atoms with Gasteiger partial charge in [-0.3, -0.25) is 0 Å². The number of hydrogen-bond acceptors (Lipinski definition) is 2. The van der Waals surface area contributed by atoms with Gasteiger partial charge in [0.1, 0.15) is 0 Å². The third-order valence-electron chi connectivity index (χ3n) is 2.18. The van der Waals surface area contributed by atoms with E-state index in [1.54, 1.807) is 0 Å². The quantitative estimate of drug-likeness (QED) is 0.765. The summed E-state index contributed by atoms with van der Waals surface area (Å²) in [5.41, 5.74) is 5.24. The second kappa shape index (κ2) is 5.05. The molecule has 1 aromatic rings. The van der Waals surface area contributed by atoms with Gasteiger partial charge in [0.05, 0.1) is 5.56 Å². The second-order valence-corrected chi connectivity index (χ2v) is 3.34. The molecule has 94 valence electrons. The summed E-state index contributed by atoms with van der Waals surface area (Å²) < 4.78 is 37.2.